The number of carboxylic acid groups (broad SMARTS) is 1. The van der Waals surface area contributed by atoms with Gasteiger partial charge in [0, 0.05) is 11.1 Å². The molecule has 3 rings (SSSR count). The van der Waals surface area contributed by atoms with Gasteiger partial charge in [0.15, 0.2) is 0 Å². The van der Waals surface area contributed by atoms with E-state index in [-0.39, 0.29) is 17.9 Å². The Labute approximate surface area is 179 Å². The van der Waals surface area contributed by atoms with E-state index < -0.39 is 14.0 Å². The van der Waals surface area contributed by atoms with E-state index >= 15 is 0 Å². The Morgan fingerprint density at radius 1 is 1.10 bits per heavy atom. The summed E-state index contributed by atoms with van der Waals surface area (Å²) in [6.07, 6.45) is -0.176. The van der Waals surface area contributed by atoms with Crippen LogP contribution in [0, 0.1) is 25.3 Å². The molecule has 0 bridgehead atoms. The number of rotatable bonds is 3. The van der Waals surface area contributed by atoms with Crippen molar-refractivity contribution in [1.82, 2.24) is 0 Å². The van der Waals surface area contributed by atoms with Gasteiger partial charge in [0.25, 0.3) is 0 Å². The molecular formula is C25H27NO3Si. The van der Waals surface area contributed by atoms with Gasteiger partial charge in [-0.2, -0.15) is 0 Å². The maximum atomic E-state index is 13.2. The van der Waals surface area contributed by atoms with E-state index in [1.54, 1.807) is 4.90 Å². The van der Waals surface area contributed by atoms with Crippen molar-refractivity contribution in [1.29, 1.82) is 0 Å². The molecule has 0 saturated heterocycles. The zero-order chi connectivity index (χ0) is 22.1. The second-order valence-electron chi connectivity index (χ2n) is 8.75. The standard InChI is InChI=1S/C25H27NO3Si/c1-17-10-11-19(14-18(17)2)16-26-23-9-7-6-8-21(23)20(12-13-30(3,4)5)22(25(28)29)15-24(26)27/h6-11,14H,15-16H2,1-5H3,(H,28,29). The summed E-state index contributed by atoms with van der Waals surface area (Å²) in [6, 6.07) is 13.6. The summed E-state index contributed by atoms with van der Waals surface area (Å²) in [6.45, 7) is 10.8. The molecule has 0 spiro atoms. The Bertz CT molecular complexity index is 1110. The number of hydrogen-bond donors (Lipinski definition) is 1. The minimum Gasteiger partial charge on any atom is -0.478 e. The van der Waals surface area contributed by atoms with Crippen LogP contribution in [0.3, 0.4) is 0 Å². The van der Waals surface area contributed by atoms with Crippen molar-refractivity contribution in [3.63, 3.8) is 0 Å². The van der Waals surface area contributed by atoms with Gasteiger partial charge in [0.05, 0.1) is 24.2 Å². The molecule has 1 N–H and O–H groups in total. The maximum absolute atomic E-state index is 13.2. The second-order valence-corrected chi connectivity index (χ2v) is 13.5. The minimum absolute atomic E-state index is 0.0702. The van der Waals surface area contributed by atoms with Crippen LogP contribution >= 0.6 is 0 Å². The molecule has 1 aliphatic heterocycles. The van der Waals surface area contributed by atoms with Gasteiger partial charge in [0.1, 0.15) is 8.07 Å². The maximum Gasteiger partial charge on any atom is 0.333 e. The topological polar surface area (TPSA) is 57.6 Å². The molecule has 1 heterocycles. The summed E-state index contributed by atoms with van der Waals surface area (Å²) in [4.78, 5) is 26.9. The number of allylic oxidation sites excluding steroid dienone is 1. The zero-order valence-electron chi connectivity index (χ0n) is 18.2. The van der Waals surface area contributed by atoms with Crippen molar-refractivity contribution < 1.29 is 14.7 Å². The van der Waals surface area contributed by atoms with Crippen molar-refractivity contribution >= 4 is 31.2 Å². The first-order valence-corrected chi connectivity index (χ1v) is 13.5. The molecule has 2 aromatic rings. The highest BCUT2D eigenvalue weighted by atomic mass is 28.3. The monoisotopic (exact) mass is 417 g/mol. The number of carboxylic acids is 1. The molecule has 5 heteroatoms. The third-order valence-electron chi connectivity index (χ3n) is 5.13. The highest BCUT2D eigenvalue weighted by molar-refractivity contribution is 6.84. The number of amides is 1. The predicted octanol–water partition coefficient (Wildman–Crippen LogP) is 4.96. The van der Waals surface area contributed by atoms with Crippen molar-refractivity contribution in [2.24, 2.45) is 0 Å². The number of benzene rings is 2. The Kier molecular flexibility index (Phi) is 6.00. The molecule has 0 radical (unpaired) electrons. The van der Waals surface area contributed by atoms with E-state index in [1.807, 2.05) is 43.3 Å². The first-order valence-electron chi connectivity index (χ1n) is 10.0. The van der Waals surface area contributed by atoms with Crippen LogP contribution < -0.4 is 4.90 Å². The molecule has 0 fully saturated rings. The van der Waals surface area contributed by atoms with Gasteiger partial charge in [-0.05, 0) is 36.6 Å². The Morgan fingerprint density at radius 3 is 2.43 bits per heavy atom. The fourth-order valence-corrected chi connectivity index (χ4v) is 3.89. The molecule has 0 saturated carbocycles. The Balaban J connectivity index is 2.15. The Morgan fingerprint density at radius 2 is 1.80 bits per heavy atom. The fraction of sp³-hybridized carbons (Fsp3) is 0.280. The van der Waals surface area contributed by atoms with Gasteiger partial charge in [-0.3, -0.25) is 4.79 Å². The van der Waals surface area contributed by atoms with Crippen LogP contribution in [-0.2, 0) is 16.1 Å². The quantitative estimate of drug-likeness (QED) is 0.567. The highest BCUT2D eigenvalue weighted by Gasteiger charge is 2.30. The van der Waals surface area contributed by atoms with Gasteiger partial charge in [-0.1, -0.05) is 62.0 Å². The molecule has 2 aromatic carbocycles. The molecule has 0 atom stereocenters. The largest absolute Gasteiger partial charge is 0.478 e. The average Bonchev–Trinajstić information content (AvgIpc) is 2.78. The van der Waals surface area contributed by atoms with E-state index in [4.69, 9.17) is 0 Å². The molecule has 30 heavy (non-hydrogen) atoms. The molecule has 154 valence electrons. The molecule has 0 unspecified atom stereocenters. The van der Waals surface area contributed by atoms with Crippen LogP contribution in [-0.4, -0.2) is 25.1 Å². The van der Waals surface area contributed by atoms with Crippen LogP contribution in [0.15, 0.2) is 48.0 Å². The van der Waals surface area contributed by atoms with Gasteiger partial charge >= 0.3 is 5.97 Å². The van der Waals surface area contributed by atoms with E-state index in [1.165, 1.54) is 5.56 Å². The van der Waals surface area contributed by atoms with Crippen LogP contribution in [0.25, 0.3) is 5.57 Å². The summed E-state index contributed by atoms with van der Waals surface area (Å²) < 4.78 is 0. The van der Waals surface area contributed by atoms with E-state index in [0.717, 1.165) is 11.1 Å². The van der Waals surface area contributed by atoms with Crippen molar-refractivity contribution in [3.05, 3.63) is 70.3 Å². The van der Waals surface area contributed by atoms with Crippen molar-refractivity contribution in [2.75, 3.05) is 4.90 Å². The fourth-order valence-electron chi connectivity index (χ4n) is 3.39. The molecule has 1 aliphatic rings. The predicted molar refractivity (Wildman–Crippen MR) is 124 cm³/mol. The summed E-state index contributed by atoms with van der Waals surface area (Å²) in [5.41, 5.74) is 8.58. The summed E-state index contributed by atoms with van der Waals surface area (Å²) in [7, 11) is -1.74. The molecule has 0 aromatic heterocycles. The van der Waals surface area contributed by atoms with Crippen LogP contribution in [0.5, 0.6) is 0 Å². The lowest BCUT2D eigenvalue weighted by atomic mass is 9.98. The third-order valence-corrected chi connectivity index (χ3v) is 6.00. The number of carbonyl (C=O) groups is 2. The third kappa shape index (κ3) is 4.72. The Hall–Kier alpha value is -3.10. The number of carbonyl (C=O) groups excluding carboxylic acids is 1. The minimum atomic E-state index is -1.74. The van der Waals surface area contributed by atoms with Gasteiger partial charge < -0.3 is 10.0 Å². The first kappa shape index (κ1) is 21.6. The highest BCUT2D eigenvalue weighted by Crippen LogP contribution is 2.35. The molecule has 4 nitrogen and oxygen atoms in total. The number of anilines is 1. The zero-order valence-corrected chi connectivity index (χ0v) is 19.2. The lowest BCUT2D eigenvalue weighted by Crippen LogP contribution is -2.30. The average molecular weight is 418 g/mol. The lowest BCUT2D eigenvalue weighted by Gasteiger charge is -2.24. The number of nitrogens with zero attached hydrogens (tertiary/aromatic N) is 1. The lowest BCUT2D eigenvalue weighted by molar-refractivity contribution is -0.133. The number of fused-ring (bicyclic) bond motifs is 1. The first-order chi connectivity index (χ1) is 14.1. The van der Waals surface area contributed by atoms with Gasteiger partial charge in [0.2, 0.25) is 5.91 Å². The van der Waals surface area contributed by atoms with E-state index in [2.05, 4.69) is 44.1 Å². The van der Waals surface area contributed by atoms with Crippen LogP contribution in [0.1, 0.15) is 28.7 Å². The van der Waals surface area contributed by atoms with Gasteiger partial charge in [-0.25, -0.2) is 4.79 Å². The second kappa shape index (κ2) is 8.33. The van der Waals surface area contributed by atoms with Crippen LogP contribution in [0.4, 0.5) is 5.69 Å². The number of aryl methyl sites for hydroxylation is 2. The normalized spacial score (nSPS) is 14.0. The van der Waals surface area contributed by atoms with E-state index in [0.29, 0.717) is 23.4 Å². The summed E-state index contributed by atoms with van der Waals surface area (Å²) in [5, 5.41) is 9.86. The van der Waals surface area contributed by atoms with Crippen LogP contribution in [0.2, 0.25) is 19.6 Å². The SMILES string of the molecule is Cc1ccc(CN2C(=O)CC(C(=O)O)=C(C#C[Si](C)(C)C)c3ccccc32)cc1C. The number of hydrogen-bond acceptors (Lipinski definition) is 2. The summed E-state index contributed by atoms with van der Waals surface area (Å²) in [5.74, 6) is 1.82. The number of para-hydroxylation sites is 1. The van der Waals surface area contributed by atoms with Crippen molar-refractivity contribution in [2.45, 2.75) is 46.5 Å². The summed E-state index contributed by atoms with van der Waals surface area (Å²) >= 11 is 0. The molecule has 0 aliphatic carbocycles. The molecule has 1 amide bonds. The van der Waals surface area contributed by atoms with E-state index in [9.17, 15) is 14.7 Å². The van der Waals surface area contributed by atoms with Gasteiger partial charge in [-0.15, -0.1) is 5.54 Å². The molecular weight excluding hydrogens is 390 g/mol. The smallest absolute Gasteiger partial charge is 0.333 e. The number of aliphatic carboxylic acids is 1. The van der Waals surface area contributed by atoms with Crippen molar-refractivity contribution in [3.8, 4) is 11.5 Å².